The van der Waals surface area contributed by atoms with Crippen LogP contribution in [0.5, 0.6) is 5.88 Å². The third-order valence-electron chi connectivity index (χ3n) is 1.48. The maximum Gasteiger partial charge on any atom is 0.213 e. The Labute approximate surface area is 71.2 Å². The van der Waals surface area contributed by atoms with Gasteiger partial charge in [0.15, 0.2) is 0 Å². The van der Waals surface area contributed by atoms with Gasteiger partial charge in [-0.2, -0.15) is 0 Å². The Balaban J connectivity index is 2.90. The van der Waals surface area contributed by atoms with Crippen molar-refractivity contribution in [3.63, 3.8) is 0 Å². The molecule has 4 heteroatoms. The molecule has 0 radical (unpaired) electrons. The molecule has 1 rings (SSSR count). The first kappa shape index (κ1) is 8.96. The number of hydroxylamine groups is 1. The van der Waals surface area contributed by atoms with Crippen LogP contribution >= 0.6 is 0 Å². The normalized spacial score (nSPS) is 9.92. The van der Waals surface area contributed by atoms with Gasteiger partial charge in [-0.25, -0.2) is 10.5 Å². The molecular weight excluding hydrogens is 156 g/mol. The zero-order valence-corrected chi connectivity index (χ0v) is 7.16. The molecule has 1 aromatic rings. The molecule has 0 aliphatic heterocycles. The highest BCUT2D eigenvalue weighted by molar-refractivity contribution is 5.24. The lowest BCUT2D eigenvalue weighted by Crippen LogP contribution is -2.06. The second kappa shape index (κ2) is 4.04. The summed E-state index contributed by atoms with van der Waals surface area (Å²) in [5, 5.41) is 8.46. The van der Waals surface area contributed by atoms with E-state index in [0.717, 1.165) is 11.3 Å². The summed E-state index contributed by atoms with van der Waals surface area (Å²) in [5.74, 6) is 0.570. The molecule has 1 heterocycles. The number of nitrogens with zero attached hydrogens (tertiary/aromatic N) is 1. The van der Waals surface area contributed by atoms with E-state index >= 15 is 0 Å². The fraction of sp³-hybridized carbons (Fsp3) is 0.375. The van der Waals surface area contributed by atoms with E-state index in [4.69, 9.17) is 9.94 Å². The first-order valence-corrected chi connectivity index (χ1v) is 3.65. The molecule has 0 saturated heterocycles. The molecule has 0 spiro atoms. The largest absolute Gasteiger partial charge is 0.481 e. The number of ether oxygens (including phenoxy) is 1. The Hall–Kier alpha value is -1.13. The molecule has 0 aliphatic rings. The van der Waals surface area contributed by atoms with E-state index in [1.54, 1.807) is 13.2 Å². The Morgan fingerprint density at radius 1 is 1.58 bits per heavy atom. The standard InChI is InChI=1S/C8H12N2O2/c1-6-3-7(5-9-11)4-8(10-6)12-2/h3-4,9,11H,5H2,1-2H3. The number of aryl methyl sites for hydroxylation is 1. The van der Waals surface area contributed by atoms with Crippen molar-refractivity contribution >= 4 is 0 Å². The van der Waals surface area contributed by atoms with Gasteiger partial charge in [0.25, 0.3) is 0 Å². The quantitative estimate of drug-likeness (QED) is 0.658. The summed E-state index contributed by atoms with van der Waals surface area (Å²) < 4.78 is 4.96. The van der Waals surface area contributed by atoms with Gasteiger partial charge in [-0.3, -0.25) is 0 Å². The van der Waals surface area contributed by atoms with Crippen LogP contribution in [0.4, 0.5) is 0 Å². The number of hydrogen-bond acceptors (Lipinski definition) is 4. The molecule has 4 nitrogen and oxygen atoms in total. The van der Waals surface area contributed by atoms with Gasteiger partial charge >= 0.3 is 0 Å². The summed E-state index contributed by atoms with van der Waals surface area (Å²) in [7, 11) is 1.57. The fourth-order valence-electron chi connectivity index (χ4n) is 1.00. The zero-order valence-electron chi connectivity index (χ0n) is 7.16. The average molecular weight is 168 g/mol. The van der Waals surface area contributed by atoms with Gasteiger partial charge in [-0.15, -0.1) is 0 Å². The van der Waals surface area contributed by atoms with Crippen LogP contribution in [-0.2, 0) is 6.54 Å². The van der Waals surface area contributed by atoms with Gasteiger partial charge in [0.2, 0.25) is 5.88 Å². The lowest BCUT2D eigenvalue weighted by atomic mass is 10.2. The molecule has 1 aromatic heterocycles. The van der Waals surface area contributed by atoms with Crippen LogP contribution in [0.3, 0.4) is 0 Å². The van der Waals surface area contributed by atoms with Crippen molar-refractivity contribution in [3.8, 4) is 5.88 Å². The third kappa shape index (κ3) is 2.18. The SMILES string of the molecule is COc1cc(CNO)cc(C)n1. The van der Waals surface area contributed by atoms with Crippen LogP contribution in [-0.4, -0.2) is 17.3 Å². The highest BCUT2D eigenvalue weighted by atomic mass is 16.5. The van der Waals surface area contributed by atoms with Crippen LogP contribution in [0.2, 0.25) is 0 Å². The highest BCUT2D eigenvalue weighted by Crippen LogP contribution is 2.11. The average Bonchev–Trinajstić information content (AvgIpc) is 2.04. The van der Waals surface area contributed by atoms with Crippen molar-refractivity contribution in [2.24, 2.45) is 0 Å². The van der Waals surface area contributed by atoms with Crippen LogP contribution in [0.25, 0.3) is 0 Å². The first-order chi connectivity index (χ1) is 5.76. The van der Waals surface area contributed by atoms with Crippen LogP contribution < -0.4 is 10.2 Å². The van der Waals surface area contributed by atoms with Crippen molar-refractivity contribution < 1.29 is 9.94 Å². The van der Waals surface area contributed by atoms with Gasteiger partial charge in [-0.05, 0) is 18.6 Å². The van der Waals surface area contributed by atoms with E-state index in [9.17, 15) is 0 Å². The summed E-state index contributed by atoms with van der Waals surface area (Å²) in [6.45, 7) is 2.28. The van der Waals surface area contributed by atoms with Crippen molar-refractivity contribution in [2.75, 3.05) is 7.11 Å². The maximum absolute atomic E-state index is 8.46. The summed E-state index contributed by atoms with van der Waals surface area (Å²) in [5.41, 5.74) is 3.90. The predicted octanol–water partition coefficient (Wildman–Crippen LogP) is 0.877. The topological polar surface area (TPSA) is 54.4 Å². The Kier molecular flexibility index (Phi) is 3.01. The predicted molar refractivity (Wildman–Crippen MR) is 44.2 cm³/mol. The summed E-state index contributed by atoms with van der Waals surface area (Å²) in [6, 6.07) is 3.65. The Morgan fingerprint density at radius 2 is 2.33 bits per heavy atom. The number of aromatic nitrogens is 1. The van der Waals surface area contributed by atoms with Gasteiger partial charge < -0.3 is 9.94 Å². The van der Waals surface area contributed by atoms with Gasteiger partial charge in [0.1, 0.15) is 0 Å². The second-order valence-corrected chi connectivity index (χ2v) is 2.49. The molecule has 66 valence electrons. The summed E-state index contributed by atoms with van der Waals surface area (Å²) in [6.07, 6.45) is 0. The van der Waals surface area contributed by atoms with E-state index in [1.165, 1.54) is 0 Å². The molecule has 0 atom stereocenters. The van der Waals surface area contributed by atoms with Crippen molar-refractivity contribution in [2.45, 2.75) is 13.5 Å². The molecular formula is C8H12N2O2. The number of methoxy groups -OCH3 is 1. The van der Waals surface area contributed by atoms with E-state index in [1.807, 2.05) is 13.0 Å². The molecule has 0 bridgehead atoms. The minimum atomic E-state index is 0.402. The Morgan fingerprint density at radius 3 is 2.92 bits per heavy atom. The number of nitrogens with one attached hydrogen (secondary N) is 1. The van der Waals surface area contributed by atoms with Crippen molar-refractivity contribution in [1.82, 2.24) is 10.5 Å². The van der Waals surface area contributed by atoms with Crippen LogP contribution in [0, 0.1) is 6.92 Å². The molecule has 0 aromatic carbocycles. The Bertz CT molecular complexity index is 263. The molecule has 0 amide bonds. The van der Waals surface area contributed by atoms with Crippen molar-refractivity contribution in [1.29, 1.82) is 0 Å². The highest BCUT2D eigenvalue weighted by Gasteiger charge is 1.98. The van der Waals surface area contributed by atoms with E-state index in [0.29, 0.717) is 12.4 Å². The zero-order chi connectivity index (χ0) is 8.97. The number of pyridine rings is 1. The fourth-order valence-corrected chi connectivity index (χ4v) is 1.00. The number of hydrogen-bond donors (Lipinski definition) is 2. The molecule has 0 fully saturated rings. The lowest BCUT2D eigenvalue weighted by Gasteiger charge is -2.04. The number of rotatable bonds is 3. The van der Waals surface area contributed by atoms with E-state index < -0.39 is 0 Å². The summed E-state index contributed by atoms with van der Waals surface area (Å²) >= 11 is 0. The molecule has 0 aliphatic carbocycles. The smallest absolute Gasteiger partial charge is 0.213 e. The minimum Gasteiger partial charge on any atom is -0.481 e. The second-order valence-electron chi connectivity index (χ2n) is 2.49. The van der Waals surface area contributed by atoms with Crippen LogP contribution in [0.1, 0.15) is 11.3 Å². The van der Waals surface area contributed by atoms with E-state index in [2.05, 4.69) is 10.5 Å². The van der Waals surface area contributed by atoms with Crippen molar-refractivity contribution in [3.05, 3.63) is 23.4 Å². The lowest BCUT2D eigenvalue weighted by molar-refractivity contribution is 0.161. The monoisotopic (exact) mass is 168 g/mol. The van der Waals surface area contributed by atoms with Crippen LogP contribution in [0.15, 0.2) is 12.1 Å². The molecule has 0 unspecified atom stereocenters. The first-order valence-electron chi connectivity index (χ1n) is 3.65. The van der Waals surface area contributed by atoms with E-state index in [-0.39, 0.29) is 0 Å². The maximum atomic E-state index is 8.46. The third-order valence-corrected chi connectivity index (χ3v) is 1.48. The molecule has 0 saturated carbocycles. The van der Waals surface area contributed by atoms with Gasteiger partial charge in [-0.1, -0.05) is 0 Å². The minimum absolute atomic E-state index is 0.402. The molecule has 12 heavy (non-hydrogen) atoms. The van der Waals surface area contributed by atoms with Gasteiger partial charge in [0.05, 0.1) is 7.11 Å². The summed E-state index contributed by atoms with van der Waals surface area (Å²) in [4.78, 5) is 4.10. The van der Waals surface area contributed by atoms with Gasteiger partial charge in [0, 0.05) is 18.3 Å². The molecule has 2 N–H and O–H groups in total.